The number of piperidine rings is 1. The third-order valence-corrected chi connectivity index (χ3v) is 4.67. The summed E-state index contributed by atoms with van der Waals surface area (Å²) < 4.78 is 0. The molecule has 2 aromatic carbocycles. The summed E-state index contributed by atoms with van der Waals surface area (Å²) in [6.07, 6.45) is 7.41. The molecule has 0 amide bonds. The van der Waals surface area contributed by atoms with Crippen LogP contribution >= 0.6 is 0 Å². The highest BCUT2D eigenvalue weighted by molar-refractivity contribution is 6.13. The van der Waals surface area contributed by atoms with E-state index < -0.39 is 5.97 Å². The Hall–Kier alpha value is -2.62. The normalized spacial score (nSPS) is 15.2. The molecule has 3 aromatic rings. The molecule has 0 aliphatic carbocycles. The van der Waals surface area contributed by atoms with E-state index in [1.165, 1.54) is 30.3 Å². The summed E-state index contributed by atoms with van der Waals surface area (Å²) in [6.45, 7) is 2.11. The van der Waals surface area contributed by atoms with Crippen molar-refractivity contribution in [3.63, 3.8) is 0 Å². The number of benzene rings is 2. The number of anilines is 1. The Kier molecular flexibility index (Phi) is 3.37. The molecule has 4 heteroatoms. The number of aromatic nitrogens is 1. The van der Waals surface area contributed by atoms with E-state index in [9.17, 15) is 9.90 Å². The number of hydrogen-bond acceptors (Lipinski definition) is 3. The summed E-state index contributed by atoms with van der Waals surface area (Å²) in [4.78, 5) is 18.0. The number of carboxylic acids is 1. The number of hydrogen-bond donors (Lipinski definition) is 1. The molecule has 1 aromatic heterocycles. The van der Waals surface area contributed by atoms with Crippen LogP contribution in [0.4, 0.5) is 5.69 Å². The van der Waals surface area contributed by atoms with Crippen LogP contribution in [-0.4, -0.2) is 29.1 Å². The van der Waals surface area contributed by atoms with E-state index in [1.54, 1.807) is 12.1 Å². The summed E-state index contributed by atoms with van der Waals surface area (Å²) in [7, 11) is 0. The molecule has 0 unspecified atom stereocenters. The van der Waals surface area contributed by atoms with Gasteiger partial charge in [-0.15, -0.1) is 0 Å². The van der Waals surface area contributed by atoms with Gasteiger partial charge in [-0.05, 0) is 54.3 Å². The highest BCUT2D eigenvalue weighted by Crippen LogP contribution is 2.35. The van der Waals surface area contributed by atoms with Crippen LogP contribution in [-0.2, 0) is 0 Å². The summed E-state index contributed by atoms with van der Waals surface area (Å²) >= 11 is 0. The van der Waals surface area contributed by atoms with E-state index >= 15 is 0 Å². The lowest BCUT2D eigenvalue weighted by Crippen LogP contribution is -2.29. The monoisotopic (exact) mass is 306 g/mol. The molecule has 0 radical (unpaired) electrons. The fraction of sp³-hybridized carbons (Fsp3) is 0.263. The minimum Gasteiger partial charge on any atom is -0.478 e. The largest absolute Gasteiger partial charge is 0.478 e. The zero-order chi connectivity index (χ0) is 15.8. The van der Waals surface area contributed by atoms with Gasteiger partial charge in [0.1, 0.15) is 0 Å². The number of aromatic carboxylic acids is 1. The fourth-order valence-corrected chi connectivity index (χ4v) is 3.51. The standard InChI is InChI=1S/C19H18N2O2/c22-19(23)13-4-5-15-14(10-13)11-18(21-8-2-1-3-9-21)16-6-7-20-12-17(15)16/h4-7,10-12H,1-3,8-9H2,(H,22,23). The predicted octanol–water partition coefficient (Wildman–Crippen LogP) is 4.08. The predicted molar refractivity (Wildman–Crippen MR) is 92.3 cm³/mol. The molecule has 1 N–H and O–H groups in total. The quantitative estimate of drug-likeness (QED) is 0.725. The molecule has 1 saturated heterocycles. The summed E-state index contributed by atoms with van der Waals surface area (Å²) in [6, 6.07) is 9.51. The van der Waals surface area contributed by atoms with E-state index in [0.29, 0.717) is 5.56 Å². The van der Waals surface area contributed by atoms with Gasteiger partial charge in [-0.3, -0.25) is 4.98 Å². The number of pyridine rings is 1. The summed E-state index contributed by atoms with van der Waals surface area (Å²) in [5.41, 5.74) is 1.52. The average Bonchev–Trinajstić information content (AvgIpc) is 2.61. The molecule has 23 heavy (non-hydrogen) atoms. The number of nitrogens with zero attached hydrogens (tertiary/aromatic N) is 2. The molecule has 0 atom stereocenters. The number of rotatable bonds is 2. The van der Waals surface area contributed by atoms with Gasteiger partial charge in [-0.2, -0.15) is 0 Å². The SMILES string of the molecule is O=C(O)c1ccc2c(c1)cc(N1CCCCC1)c1ccncc12. The van der Waals surface area contributed by atoms with Crippen LogP contribution in [0.3, 0.4) is 0 Å². The van der Waals surface area contributed by atoms with Crippen LogP contribution in [0.2, 0.25) is 0 Å². The van der Waals surface area contributed by atoms with Crippen LogP contribution < -0.4 is 4.90 Å². The van der Waals surface area contributed by atoms with E-state index in [-0.39, 0.29) is 0 Å². The highest BCUT2D eigenvalue weighted by atomic mass is 16.4. The second kappa shape index (κ2) is 5.54. The topological polar surface area (TPSA) is 53.4 Å². The molecule has 1 aliphatic heterocycles. The van der Waals surface area contributed by atoms with Gasteiger partial charge < -0.3 is 10.0 Å². The van der Waals surface area contributed by atoms with Crippen molar-refractivity contribution < 1.29 is 9.90 Å². The number of carboxylic acid groups (broad SMARTS) is 1. The van der Waals surface area contributed by atoms with Crippen molar-refractivity contribution in [3.05, 3.63) is 48.3 Å². The van der Waals surface area contributed by atoms with Gasteiger partial charge in [0.25, 0.3) is 0 Å². The smallest absolute Gasteiger partial charge is 0.335 e. The van der Waals surface area contributed by atoms with Crippen LogP contribution in [0.5, 0.6) is 0 Å². The van der Waals surface area contributed by atoms with E-state index in [2.05, 4.69) is 22.0 Å². The molecule has 0 bridgehead atoms. The molecule has 2 heterocycles. The Morgan fingerprint density at radius 3 is 2.61 bits per heavy atom. The minimum atomic E-state index is -0.891. The molecule has 1 fully saturated rings. The Morgan fingerprint density at radius 1 is 1.00 bits per heavy atom. The lowest BCUT2D eigenvalue weighted by atomic mass is 9.98. The van der Waals surface area contributed by atoms with Crippen molar-refractivity contribution in [3.8, 4) is 0 Å². The van der Waals surface area contributed by atoms with Crippen molar-refractivity contribution in [1.29, 1.82) is 0 Å². The molecule has 0 saturated carbocycles. The fourth-order valence-electron chi connectivity index (χ4n) is 3.51. The number of carbonyl (C=O) groups is 1. The maximum Gasteiger partial charge on any atom is 0.335 e. The van der Waals surface area contributed by atoms with Gasteiger partial charge in [0, 0.05) is 41.9 Å². The molecular weight excluding hydrogens is 288 g/mol. The minimum absolute atomic E-state index is 0.324. The second-order valence-corrected chi connectivity index (χ2v) is 6.11. The zero-order valence-corrected chi connectivity index (χ0v) is 12.8. The first kappa shape index (κ1) is 14.0. The molecule has 0 spiro atoms. The van der Waals surface area contributed by atoms with Crippen LogP contribution in [0, 0.1) is 0 Å². The van der Waals surface area contributed by atoms with Gasteiger partial charge in [-0.1, -0.05) is 6.07 Å². The van der Waals surface area contributed by atoms with E-state index in [0.717, 1.165) is 29.2 Å². The maximum absolute atomic E-state index is 11.3. The Morgan fingerprint density at radius 2 is 1.83 bits per heavy atom. The van der Waals surface area contributed by atoms with Crippen molar-refractivity contribution in [2.75, 3.05) is 18.0 Å². The lowest BCUT2D eigenvalue weighted by molar-refractivity contribution is 0.0697. The van der Waals surface area contributed by atoms with Gasteiger partial charge >= 0.3 is 5.97 Å². The second-order valence-electron chi connectivity index (χ2n) is 6.11. The van der Waals surface area contributed by atoms with E-state index in [1.807, 2.05) is 18.5 Å². The first-order chi connectivity index (χ1) is 11.2. The van der Waals surface area contributed by atoms with Crippen molar-refractivity contribution in [2.24, 2.45) is 0 Å². The first-order valence-corrected chi connectivity index (χ1v) is 8.03. The number of fused-ring (bicyclic) bond motifs is 3. The maximum atomic E-state index is 11.3. The molecule has 4 rings (SSSR count). The third kappa shape index (κ3) is 2.40. The van der Waals surface area contributed by atoms with Gasteiger partial charge in [-0.25, -0.2) is 4.79 Å². The summed E-state index contributed by atoms with van der Waals surface area (Å²) in [5.74, 6) is -0.891. The van der Waals surface area contributed by atoms with Crippen LogP contribution in [0.25, 0.3) is 21.5 Å². The van der Waals surface area contributed by atoms with Gasteiger partial charge in [0.2, 0.25) is 0 Å². The average molecular weight is 306 g/mol. The molecule has 1 aliphatic rings. The molecule has 116 valence electrons. The van der Waals surface area contributed by atoms with Crippen molar-refractivity contribution >= 4 is 33.2 Å². The third-order valence-electron chi connectivity index (χ3n) is 4.67. The summed E-state index contributed by atoms with van der Waals surface area (Å²) in [5, 5.41) is 13.5. The molecule has 4 nitrogen and oxygen atoms in total. The van der Waals surface area contributed by atoms with Crippen LogP contribution in [0.1, 0.15) is 29.6 Å². The zero-order valence-electron chi connectivity index (χ0n) is 12.8. The van der Waals surface area contributed by atoms with Crippen molar-refractivity contribution in [1.82, 2.24) is 4.98 Å². The van der Waals surface area contributed by atoms with Gasteiger partial charge in [0.15, 0.2) is 0 Å². The van der Waals surface area contributed by atoms with E-state index in [4.69, 9.17) is 0 Å². The first-order valence-electron chi connectivity index (χ1n) is 8.03. The molecular formula is C19H18N2O2. The van der Waals surface area contributed by atoms with Crippen molar-refractivity contribution in [2.45, 2.75) is 19.3 Å². The van der Waals surface area contributed by atoms with Gasteiger partial charge in [0.05, 0.1) is 5.56 Å². The highest BCUT2D eigenvalue weighted by Gasteiger charge is 2.16. The van der Waals surface area contributed by atoms with Crippen LogP contribution in [0.15, 0.2) is 42.7 Å². The Labute approximate surface area is 134 Å². The lowest BCUT2D eigenvalue weighted by Gasteiger charge is -2.30. The Balaban J connectivity index is 2.00. The Bertz CT molecular complexity index is 898.